The van der Waals surface area contributed by atoms with E-state index in [1.807, 2.05) is 34.5 Å². The van der Waals surface area contributed by atoms with Crippen LogP contribution < -0.4 is 4.74 Å². The average Bonchev–Trinajstić information content (AvgIpc) is 2.92. The normalized spacial score (nSPS) is 14.1. The highest BCUT2D eigenvalue weighted by Gasteiger charge is 2.22. The van der Waals surface area contributed by atoms with Gasteiger partial charge in [-0.3, -0.25) is 4.79 Å². The van der Waals surface area contributed by atoms with Crippen molar-refractivity contribution >= 4 is 17.2 Å². The molecule has 1 amide bonds. The minimum Gasteiger partial charge on any atom is -0.491 e. The second-order valence-electron chi connectivity index (χ2n) is 5.73. The molecule has 0 unspecified atom stereocenters. The van der Waals surface area contributed by atoms with Crippen molar-refractivity contribution in [2.24, 2.45) is 0 Å². The minimum atomic E-state index is -0.00780. The molecule has 5 heteroatoms. The summed E-state index contributed by atoms with van der Waals surface area (Å²) in [5.74, 6) is 0.851. The highest BCUT2D eigenvalue weighted by Crippen LogP contribution is 2.26. The van der Waals surface area contributed by atoms with Crippen LogP contribution in [0, 0.1) is 0 Å². The van der Waals surface area contributed by atoms with Gasteiger partial charge in [-0.1, -0.05) is 19.4 Å². The summed E-state index contributed by atoms with van der Waals surface area (Å²) >= 11 is 1.65. The number of hydrogen-bond acceptors (Lipinski definition) is 4. The lowest BCUT2D eigenvalue weighted by atomic mass is 10.1. The zero-order chi connectivity index (χ0) is 16.2. The van der Waals surface area contributed by atoms with Gasteiger partial charge in [0.15, 0.2) is 0 Å². The molecular weight excluding hydrogens is 310 g/mol. The van der Waals surface area contributed by atoms with E-state index in [-0.39, 0.29) is 12.5 Å². The molecular formula is C18H21NO3S. The largest absolute Gasteiger partial charge is 0.491 e. The molecule has 2 aromatic rings. The summed E-state index contributed by atoms with van der Waals surface area (Å²) in [5, 5.41) is 11.2. The van der Waals surface area contributed by atoms with Crippen LogP contribution in [0.15, 0.2) is 29.6 Å². The summed E-state index contributed by atoms with van der Waals surface area (Å²) in [6, 6.07) is 7.65. The quantitative estimate of drug-likeness (QED) is 0.936. The van der Waals surface area contributed by atoms with Gasteiger partial charge in [0.2, 0.25) is 0 Å². The van der Waals surface area contributed by atoms with E-state index in [0.717, 1.165) is 35.3 Å². The number of thiophene rings is 1. The first-order valence-corrected chi connectivity index (χ1v) is 8.81. The Balaban J connectivity index is 1.80. The van der Waals surface area contributed by atoms with Crippen LogP contribution in [0.4, 0.5) is 0 Å². The fraction of sp³-hybridized carbons (Fsp3) is 0.389. The third-order valence-corrected chi connectivity index (χ3v) is 4.97. The number of carbonyl (C=O) groups excluding carboxylic acids is 1. The number of hydrogen-bond donors (Lipinski definition) is 1. The van der Waals surface area contributed by atoms with Crippen LogP contribution in [0.1, 0.15) is 39.7 Å². The molecule has 23 heavy (non-hydrogen) atoms. The van der Waals surface area contributed by atoms with Crippen LogP contribution in [0.25, 0.3) is 0 Å². The molecule has 1 aliphatic rings. The van der Waals surface area contributed by atoms with Crippen molar-refractivity contribution < 1.29 is 14.6 Å². The lowest BCUT2D eigenvalue weighted by molar-refractivity contribution is 0.0733. The molecule has 0 saturated heterocycles. The molecule has 0 saturated carbocycles. The molecule has 0 bridgehead atoms. The number of benzene rings is 1. The molecule has 0 radical (unpaired) electrons. The van der Waals surface area contributed by atoms with Crippen molar-refractivity contribution in [3.63, 3.8) is 0 Å². The number of aliphatic hydroxyl groups is 1. The Morgan fingerprint density at radius 2 is 2.26 bits per heavy atom. The van der Waals surface area contributed by atoms with Crippen LogP contribution in [-0.2, 0) is 19.6 Å². The van der Waals surface area contributed by atoms with Crippen molar-refractivity contribution in [3.8, 4) is 5.75 Å². The van der Waals surface area contributed by atoms with E-state index in [9.17, 15) is 9.90 Å². The number of nitrogens with zero attached hydrogens (tertiary/aromatic N) is 1. The van der Waals surface area contributed by atoms with Gasteiger partial charge in [0, 0.05) is 22.4 Å². The molecule has 3 rings (SSSR count). The Morgan fingerprint density at radius 1 is 1.39 bits per heavy atom. The molecule has 1 aliphatic heterocycles. The van der Waals surface area contributed by atoms with Gasteiger partial charge in [-0.25, -0.2) is 0 Å². The maximum atomic E-state index is 12.8. The molecule has 1 aromatic carbocycles. The summed E-state index contributed by atoms with van der Waals surface area (Å²) in [4.78, 5) is 15.8. The first-order chi connectivity index (χ1) is 11.2. The number of aryl methyl sites for hydroxylation is 1. The Kier molecular flexibility index (Phi) is 4.98. The van der Waals surface area contributed by atoms with E-state index < -0.39 is 0 Å². The summed E-state index contributed by atoms with van der Waals surface area (Å²) in [6.45, 7) is 3.71. The van der Waals surface area contributed by atoms with E-state index in [2.05, 4.69) is 6.92 Å². The first kappa shape index (κ1) is 16.0. The van der Waals surface area contributed by atoms with E-state index in [0.29, 0.717) is 19.7 Å². The van der Waals surface area contributed by atoms with Gasteiger partial charge in [-0.05, 0) is 30.2 Å². The van der Waals surface area contributed by atoms with Crippen molar-refractivity contribution in [2.45, 2.75) is 32.9 Å². The van der Waals surface area contributed by atoms with Crippen LogP contribution in [0.5, 0.6) is 5.75 Å². The SMILES string of the molecule is CCCc1cc(C(=O)N2CCOc3ccc(CO)cc3C2)cs1. The van der Waals surface area contributed by atoms with Crippen molar-refractivity contribution in [1.82, 2.24) is 4.90 Å². The molecule has 0 aliphatic carbocycles. The number of ether oxygens (including phenoxy) is 1. The molecule has 4 nitrogen and oxygen atoms in total. The fourth-order valence-corrected chi connectivity index (χ4v) is 3.74. The number of aliphatic hydroxyl groups excluding tert-OH is 1. The molecule has 1 N–H and O–H groups in total. The standard InChI is InChI=1S/C18H21NO3S/c1-2-3-16-9-15(12-23-16)18(21)19-6-7-22-17-5-4-13(11-20)8-14(17)10-19/h4-5,8-9,12,20H,2-3,6-7,10-11H2,1H3. The van der Waals surface area contributed by atoms with Crippen molar-refractivity contribution in [3.05, 3.63) is 51.2 Å². The van der Waals surface area contributed by atoms with Gasteiger partial charge in [-0.2, -0.15) is 0 Å². The monoisotopic (exact) mass is 331 g/mol. The van der Waals surface area contributed by atoms with E-state index in [4.69, 9.17) is 4.74 Å². The summed E-state index contributed by atoms with van der Waals surface area (Å²) in [6.07, 6.45) is 2.10. The highest BCUT2D eigenvalue weighted by molar-refractivity contribution is 7.10. The second-order valence-corrected chi connectivity index (χ2v) is 6.72. The van der Waals surface area contributed by atoms with Gasteiger partial charge >= 0.3 is 0 Å². The van der Waals surface area contributed by atoms with Gasteiger partial charge in [-0.15, -0.1) is 11.3 Å². The maximum Gasteiger partial charge on any atom is 0.255 e. The topological polar surface area (TPSA) is 49.8 Å². The van der Waals surface area contributed by atoms with Gasteiger partial charge in [0.25, 0.3) is 5.91 Å². The predicted molar refractivity (Wildman–Crippen MR) is 90.9 cm³/mol. The molecule has 122 valence electrons. The Labute approximate surface area is 140 Å². The van der Waals surface area contributed by atoms with Gasteiger partial charge in [0.05, 0.1) is 18.7 Å². The zero-order valence-corrected chi connectivity index (χ0v) is 14.1. The zero-order valence-electron chi connectivity index (χ0n) is 13.2. The van der Waals surface area contributed by atoms with Crippen LogP contribution in [0.2, 0.25) is 0 Å². The lowest BCUT2D eigenvalue weighted by Crippen LogP contribution is -2.32. The number of amides is 1. The van der Waals surface area contributed by atoms with Gasteiger partial charge < -0.3 is 14.7 Å². The number of carbonyl (C=O) groups is 1. The smallest absolute Gasteiger partial charge is 0.255 e. The fourth-order valence-electron chi connectivity index (χ4n) is 2.77. The molecule has 1 aromatic heterocycles. The summed E-state index contributed by atoms with van der Waals surface area (Å²) in [5.41, 5.74) is 2.55. The van der Waals surface area contributed by atoms with E-state index >= 15 is 0 Å². The molecule has 2 heterocycles. The van der Waals surface area contributed by atoms with Crippen LogP contribution in [-0.4, -0.2) is 29.1 Å². The number of fused-ring (bicyclic) bond motifs is 1. The lowest BCUT2D eigenvalue weighted by Gasteiger charge is -2.19. The molecule has 0 atom stereocenters. The third-order valence-electron chi connectivity index (χ3n) is 3.97. The van der Waals surface area contributed by atoms with E-state index in [1.165, 1.54) is 4.88 Å². The Bertz CT molecular complexity index is 695. The summed E-state index contributed by atoms with van der Waals surface area (Å²) in [7, 11) is 0. The number of rotatable bonds is 4. The second kappa shape index (κ2) is 7.15. The van der Waals surface area contributed by atoms with Crippen molar-refractivity contribution in [2.75, 3.05) is 13.2 Å². The van der Waals surface area contributed by atoms with Crippen LogP contribution >= 0.6 is 11.3 Å². The van der Waals surface area contributed by atoms with E-state index in [1.54, 1.807) is 11.3 Å². The molecule has 0 spiro atoms. The van der Waals surface area contributed by atoms with Crippen molar-refractivity contribution in [1.29, 1.82) is 0 Å². The first-order valence-electron chi connectivity index (χ1n) is 7.93. The predicted octanol–water partition coefficient (Wildman–Crippen LogP) is 3.23. The maximum absolute atomic E-state index is 12.8. The average molecular weight is 331 g/mol. The minimum absolute atomic E-state index is 0.00780. The van der Waals surface area contributed by atoms with Gasteiger partial charge in [0.1, 0.15) is 12.4 Å². The Hall–Kier alpha value is -1.85. The van der Waals surface area contributed by atoms with Crippen LogP contribution in [0.3, 0.4) is 0 Å². The molecule has 0 fully saturated rings. The Morgan fingerprint density at radius 3 is 3.04 bits per heavy atom. The summed E-state index contributed by atoms with van der Waals surface area (Å²) < 4.78 is 5.74. The third kappa shape index (κ3) is 3.57. The highest BCUT2D eigenvalue weighted by atomic mass is 32.1.